The second kappa shape index (κ2) is 4.23. The fraction of sp³-hybridized carbons (Fsp3) is 0.286. The number of nitrogens with zero attached hydrogens (tertiary/aromatic N) is 4. The molecule has 2 aromatic rings. The first-order chi connectivity index (χ1) is 7.63. The molecule has 0 aromatic carbocycles. The molecular weight excluding hydrogens is 230 g/mol. The van der Waals surface area contributed by atoms with E-state index in [1.165, 1.54) is 11.3 Å². The van der Waals surface area contributed by atoms with Crippen molar-refractivity contribution in [3.8, 4) is 0 Å². The molecule has 0 saturated carbocycles. The number of aryl methyl sites for hydroxylation is 1. The normalized spacial score (nSPS) is 10.3. The number of nitrogens with one attached hydrogen (secondary N) is 2. The number of carbonyl (C=O) groups is 1. The molecule has 0 spiro atoms. The largest absolute Gasteiger partial charge is 0.367 e. The Balaban J connectivity index is 1.94. The third-order valence-corrected chi connectivity index (χ3v) is 2.40. The van der Waals surface area contributed by atoms with Gasteiger partial charge in [0.2, 0.25) is 17.0 Å². The van der Waals surface area contributed by atoms with E-state index in [0.717, 1.165) is 5.01 Å². The predicted molar refractivity (Wildman–Crippen MR) is 57.8 cm³/mol. The van der Waals surface area contributed by atoms with Gasteiger partial charge in [-0.2, -0.15) is 4.98 Å². The summed E-state index contributed by atoms with van der Waals surface area (Å²) in [5.74, 6) is 0.290. The molecule has 0 atom stereocenters. The molecule has 0 saturated heterocycles. The highest BCUT2D eigenvalue weighted by atomic mass is 32.1. The summed E-state index contributed by atoms with van der Waals surface area (Å²) in [6.45, 7) is 1.81. The van der Waals surface area contributed by atoms with Crippen LogP contribution in [0.4, 0.5) is 11.1 Å². The van der Waals surface area contributed by atoms with Crippen LogP contribution in [0.5, 0.6) is 0 Å². The number of hydrogen-bond acceptors (Lipinski definition) is 7. The topological polar surface area (TPSA) is 122 Å². The van der Waals surface area contributed by atoms with Crippen molar-refractivity contribution >= 4 is 28.3 Å². The number of aromatic nitrogens is 5. The Bertz CT molecular complexity index is 460. The quantitative estimate of drug-likeness (QED) is 0.677. The van der Waals surface area contributed by atoms with E-state index in [1.54, 1.807) is 0 Å². The van der Waals surface area contributed by atoms with Gasteiger partial charge in [-0.3, -0.25) is 9.89 Å². The maximum Gasteiger partial charge on any atom is 0.239 e. The monoisotopic (exact) mass is 239 g/mol. The Morgan fingerprint density at radius 3 is 2.94 bits per heavy atom. The third-order valence-electron chi connectivity index (χ3n) is 1.65. The second-order valence-electron chi connectivity index (χ2n) is 2.99. The zero-order chi connectivity index (χ0) is 11.5. The molecule has 4 N–H and O–H groups in total. The first kappa shape index (κ1) is 10.5. The highest BCUT2D eigenvalue weighted by Crippen LogP contribution is 2.13. The molecule has 2 heterocycles. The van der Waals surface area contributed by atoms with Gasteiger partial charge in [-0.05, 0) is 6.92 Å². The second-order valence-corrected chi connectivity index (χ2v) is 4.17. The van der Waals surface area contributed by atoms with Gasteiger partial charge in [0.15, 0.2) is 0 Å². The number of carbonyl (C=O) groups excluding carboxylic acids is 1. The molecule has 2 rings (SSSR count). The van der Waals surface area contributed by atoms with Crippen LogP contribution in [0.2, 0.25) is 0 Å². The van der Waals surface area contributed by atoms with E-state index in [4.69, 9.17) is 5.73 Å². The summed E-state index contributed by atoms with van der Waals surface area (Å²) in [6.07, 6.45) is 0.0722. The molecular formula is C7H9N7OS. The van der Waals surface area contributed by atoms with E-state index in [1.807, 2.05) is 6.92 Å². The maximum atomic E-state index is 11.5. The lowest BCUT2D eigenvalue weighted by Gasteiger charge is -1.97. The Labute approximate surface area is 94.3 Å². The Kier molecular flexibility index (Phi) is 2.77. The fourth-order valence-electron chi connectivity index (χ4n) is 1.05. The Hall–Kier alpha value is -2.03. The third kappa shape index (κ3) is 2.51. The van der Waals surface area contributed by atoms with Crippen molar-refractivity contribution < 1.29 is 4.79 Å². The fourth-order valence-corrected chi connectivity index (χ4v) is 1.66. The Morgan fingerprint density at radius 2 is 2.38 bits per heavy atom. The molecule has 84 valence electrons. The lowest BCUT2D eigenvalue weighted by Crippen LogP contribution is -2.15. The van der Waals surface area contributed by atoms with Gasteiger partial charge < -0.3 is 11.1 Å². The minimum atomic E-state index is -0.243. The number of rotatable bonds is 3. The lowest BCUT2D eigenvalue weighted by atomic mass is 10.4. The van der Waals surface area contributed by atoms with Gasteiger partial charge in [0.1, 0.15) is 10.8 Å². The first-order valence-corrected chi connectivity index (χ1v) is 5.22. The minimum absolute atomic E-state index is 0.0722. The summed E-state index contributed by atoms with van der Waals surface area (Å²) < 4.78 is 0. The van der Waals surface area contributed by atoms with E-state index in [-0.39, 0.29) is 18.3 Å². The van der Waals surface area contributed by atoms with E-state index < -0.39 is 0 Å². The van der Waals surface area contributed by atoms with Crippen molar-refractivity contribution in [2.24, 2.45) is 0 Å². The molecule has 0 bridgehead atoms. The number of H-pyrrole nitrogens is 1. The van der Waals surface area contributed by atoms with Gasteiger partial charge in [0, 0.05) is 0 Å². The minimum Gasteiger partial charge on any atom is -0.367 e. The molecule has 9 heteroatoms. The Morgan fingerprint density at radius 1 is 1.56 bits per heavy atom. The van der Waals surface area contributed by atoms with Gasteiger partial charge in [-0.15, -0.1) is 15.3 Å². The van der Waals surface area contributed by atoms with Crippen LogP contribution in [-0.2, 0) is 11.2 Å². The number of aromatic amines is 1. The molecule has 0 aliphatic carbocycles. The van der Waals surface area contributed by atoms with Crippen LogP contribution in [-0.4, -0.2) is 31.3 Å². The van der Waals surface area contributed by atoms with E-state index >= 15 is 0 Å². The van der Waals surface area contributed by atoms with Crippen molar-refractivity contribution in [1.82, 2.24) is 25.4 Å². The van der Waals surface area contributed by atoms with Crippen molar-refractivity contribution in [2.75, 3.05) is 11.1 Å². The highest BCUT2D eigenvalue weighted by Gasteiger charge is 2.09. The molecule has 0 unspecified atom stereocenters. The summed E-state index contributed by atoms with van der Waals surface area (Å²) in [5, 5.41) is 17.6. The van der Waals surface area contributed by atoms with Crippen LogP contribution in [0.1, 0.15) is 10.8 Å². The van der Waals surface area contributed by atoms with Gasteiger partial charge in [0.25, 0.3) is 0 Å². The van der Waals surface area contributed by atoms with Crippen LogP contribution < -0.4 is 11.1 Å². The highest BCUT2D eigenvalue weighted by molar-refractivity contribution is 7.15. The lowest BCUT2D eigenvalue weighted by molar-refractivity contribution is -0.115. The SMILES string of the molecule is Cc1nnc(NC(=O)Cc2nc(N)n[nH]2)s1. The van der Waals surface area contributed by atoms with Crippen LogP contribution in [0, 0.1) is 6.92 Å². The zero-order valence-corrected chi connectivity index (χ0v) is 9.21. The number of anilines is 2. The summed E-state index contributed by atoms with van der Waals surface area (Å²) in [4.78, 5) is 15.3. The molecule has 0 radical (unpaired) electrons. The van der Waals surface area contributed by atoms with E-state index in [0.29, 0.717) is 11.0 Å². The average Bonchev–Trinajstić information content (AvgIpc) is 2.76. The summed E-state index contributed by atoms with van der Waals surface area (Å²) >= 11 is 1.31. The zero-order valence-electron chi connectivity index (χ0n) is 8.39. The molecule has 0 aliphatic rings. The average molecular weight is 239 g/mol. The summed E-state index contributed by atoms with van der Waals surface area (Å²) in [5.41, 5.74) is 5.30. The van der Waals surface area contributed by atoms with Crippen LogP contribution in [0.25, 0.3) is 0 Å². The van der Waals surface area contributed by atoms with Crippen molar-refractivity contribution in [3.63, 3.8) is 0 Å². The van der Waals surface area contributed by atoms with Gasteiger partial charge in [-0.25, -0.2) is 0 Å². The van der Waals surface area contributed by atoms with Gasteiger partial charge >= 0.3 is 0 Å². The number of amides is 1. The number of nitrogen functional groups attached to an aromatic ring is 1. The van der Waals surface area contributed by atoms with E-state index in [2.05, 4.69) is 30.7 Å². The molecule has 16 heavy (non-hydrogen) atoms. The van der Waals surface area contributed by atoms with Crippen molar-refractivity contribution in [3.05, 3.63) is 10.8 Å². The maximum absolute atomic E-state index is 11.5. The first-order valence-electron chi connectivity index (χ1n) is 4.40. The molecule has 1 amide bonds. The predicted octanol–water partition coefficient (Wildman–Crippen LogP) is -0.272. The standard InChI is InChI=1S/C7H9N7OS/c1-3-11-14-7(16-3)10-5(15)2-4-9-6(8)13-12-4/h2H2,1H3,(H,10,14,15)(H3,8,9,12,13). The van der Waals surface area contributed by atoms with Crippen molar-refractivity contribution in [1.29, 1.82) is 0 Å². The van der Waals surface area contributed by atoms with E-state index in [9.17, 15) is 4.79 Å². The van der Waals surface area contributed by atoms with Crippen LogP contribution >= 0.6 is 11.3 Å². The molecule has 2 aromatic heterocycles. The molecule has 8 nitrogen and oxygen atoms in total. The van der Waals surface area contributed by atoms with Gasteiger partial charge in [0.05, 0.1) is 6.42 Å². The van der Waals surface area contributed by atoms with Crippen LogP contribution in [0.3, 0.4) is 0 Å². The van der Waals surface area contributed by atoms with Gasteiger partial charge in [-0.1, -0.05) is 11.3 Å². The molecule has 0 aliphatic heterocycles. The molecule has 0 fully saturated rings. The summed E-state index contributed by atoms with van der Waals surface area (Å²) in [7, 11) is 0. The van der Waals surface area contributed by atoms with Crippen molar-refractivity contribution in [2.45, 2.75) is 13.3 Å². The van der Waals surface area contributed by atoms with Crippen LogP contribution in [0.15, 0.2) is 0 Å². The summed E-state index contributed by atoms with van der Waals surface area (Å²) in [6, 6.07) is 0. The smallest absolute Gasteiger partial charge is 0.239 e. The number of nitrogens with two attached hydrogens (primary N) is 1. The number of hydrogen-bond donors (Lipinski definition) is 3.